The van der Waals surface area contributed by atoms with Gasteiger partial charge in [-0.2, -0.15) is 12.6 Å². The maximum absolute atomic E-state index is 11.4. The van der Waals surface area contributed by atoms with Gasteiger partial charge in [0.1, 0.15) is 6.04 Å². The van der Waals surface area contributed by atoms with Crippen molar-refractivity contribution in [3.8, 4) is 0 Å². The number of hydrogen-bond donors (Lipinski definition) is 4. The summed E-state index contributed by atoms with van der Waals surface area (Å²) in [5, 5.41) is 11.3. The first-order valence-electron chi connectivity index (χ1n) is 4.59. The highest BCUT2D eigenvalue weighted by Crippen LogP contribution is 2.19. The van der Waals surface area contributed by atoms with Gasteiger partial charge in [0.25, 0.3) is 0 Å². The van der Waals surface area contributed by atoms with E-state index in [2.05, 4.69) is 17.9 Å². The molecule has 15 heavy (non-hydrogen) atoms. The van der Waals surface area contributed by atoms with E-state index in [-0.39, 0.29) is 5.75 Å². The van der Waals surface area contributed by atoms with E-state index in [9.17, 15) is 9.59 Å². The summed E-state index contributed by atoms with van der Waals surface area (Å²) in [5.41, 5.74) is 4.87. The van der Waals surface area contributed by atoms with Gasteiger partial charge < -0.3 is 16.2 Å². The lowest BCUT2D eigenvalue weighted by molar-refractivity contribution is -0.145. The highest BCUT2D eigenvalue weighted by atomic mass is 32.1. The highest BCUT2D eigenvalue weighted by molar-refractivity contribution is 7.80. The molecule has 0 aliphatic rings. The van der Waals surface area contributed by atoms with Crippen LogP contribution in [-0.4, -0.2) is 34.8 Å². The number of nitrogens with two attached hydrogens (primary N) is 1. The van der Waals surface area contributed by atoms with Gasteiger partial charge in [-0.1, -0.05) is 20.8 Å². The van der Waals surface area contributed by atoms with E-state index in [1.54, 1.807) is 20.8 Å². The Hall–Kier alpha value is -0.750. The van der Waals surface area contributed by atoms with Crippen LogP contribution in [0, 0.1) is 5.41 Å². The zero-order valence-corrected chi connectivity index (χ0v) is 10.0. The van der Waals surface area contributed by atoms with E-state index >= 15 is 0 Å². The van der Waals surface area contributed by atoms with Gasteiger partial charge in [-0.25, -0.2) is 4.79 Å². The summed E-state index contributed by atoms with van der Waals surface area (Å²) >= 11 is 3.87. The molecule has 0 aromatic heterocycles. The van der Waals surface area contributed by atoms with Crippen molar-refractivity contribution in [2.45, 2.75) is 32.9 Å². The Balaban J connectivity index is 4.58. The van der Waals surface area contributed by atoms with Gasteiger partial charge in [-0.05, 0) is 5.41 Å². The summed E-state index contributed by atoms with van der Waals surface area (Å²) in [5.74, 6) is -1.38. The molecule has 0 heterocycles. The van der Waals surface area contributed by atoms with Crippen molar-refractivity contribution >= 4 is 24.5 Å². The second-order valence-corrected chi connectivity index (χ2v) is 4.80. The van der Waals surface area contributed by atoms with Crippen LogP contribution in [-0.2, 0) is 9.59 Å². The smallest absolute Gasteiger partial charge is 0.326 e. The Morgan fingerprint density at radius 2 is 1.93 bits per heavy atom. The maximum atomic E-state index is 11.4. The SMILES string of the molecule is CC(C)(C)C(NC(=O)C(N)CS)C(=O)O. The van der Waals surface area contributed by atoms with Gasteiger partial charge in [0.15, 0.2) is 0 Å². The summed E-state index contributed by atoms with van der Waals surface area (Å²) in [6, 6.07) is -1.73. The number of thiol groups is 1. The zero-order valence-electron chi connectivity index (χ0n) is 9.15. The predicted molar refractivity (Wildman–Crippen MR) is 60.8 cm³/mol. The summed E-state index contributed by atoms with van der Waals surface area (Å²) < 4.78 is 0. The molecule has 0 aromatic carbocycles. The third-order valence-electron chi connectivity index (χ3n) is 1.93. The Morgan fingerprint density at radius 1 is 1.47 bits per heavy atom. The number of carbonyl (C=O) groups is 2. The molecular formula is C9H18N2O3S. The monoisotopic (exact) mass is 234 g/mol. The first-order valence-corrected chi connectivity index (χ1v) is 5.23. The molecule has 0 saturated heterocycles. The number of aliphatic carboxylic acids is 1. The normalized spacial score (nSPS) is 15.5. The molecule has 0 radical (unpaired) electrons. The molecule has 4 N–H and O–H groups in total. The van der Waals surface area contributed by atoms with Crippen molar-refractivity contribution in [1.82, 2.24) is 5.32 Å². The van der Waals surface area contributed by atoms with E-state index in [0.29, 0.717) is 0 Å². The molecule has 6 heteroatoms. The molecule has 1 amide bonds. The van der Waals surface area contributed by atoms with Gasteiger partial charge >= 0.3 is 5.97 Å². The van der Waals surface area contributed by atoms with E-state index in [4.69, 9.17) is 10.8 Å². The van der Waals surface area contributed by atoms with E-state index in [1.807, 2.05) is 0 Å². The van der Waals surface area contributed by atoms with Crippen LogP contribution in [0.5, 0.6) is 0 Å². The lowest BCUT2D eigenvalue weighted by Crippen LogP contribution is -2.54. The number of carboxylic acid groups (broad SMARTS) is 1. The number of hydrogen-bond acceptors (Lipinski definition) is 4. The van der Waals surface area contributed by atoms with Crippen molar-refractivity contribution in [2.75, 3.05) is 5.75 Å². The van der Waals surface area contributed by atoms with Crippen molar-refractivity contribution in [2.24, 2.45) is 11.1 Å². The number of carbonyl (C=O) groups excluding carboxylic acids is 1. The molecule has 0 spiro atoms. The summed E-state index contributed by atoms with van der Waals surface area (Å²) in [7, 11) is 0. The highest BCUT2D eigenvalue weighted by Gasteiger charge is 2.33. The quantitative estimate of drug-likeness (QED) is 0.509. The second-order valence-electron chi connectivity index (χ2n) is 4.43. The van der Waals surface area contributed by atoms with Crippen molar-refractivity contribution in [3.05, 3.63) is 0 Å². The fourth-order valence-corrected chi connectivity index (χ4v) is 1.15. The molecule has 0 aromatic rings. The molecule has 0 bridgehead atoms. The number of amides is 1. The first-order chi connectivity index (χ1) is 6.70. The number of nitrogens with one attached hydrogen (secondary N) is 1. The van der Waals surface area contributed by atoms with Gasteiger partial charge in [0.2, 0.25) is 5.91 Å². The molecule has 0 saturated carbocycles. The fraction of sp³-hybridized carbons (Fsp3) is 0.778. The molecule has 2 unspecified atom stereocenters. The van der Waals surface area contributed by atoms with Crippen LogP contribution in [0.2, 0.25) is 0 Å². The second kappa shape index (κ2) is 5.37. The van der Waals surface area contributed by atoms with Crippen molar-refractivity contribution in [1.29, 1.82) is 0 Å². The first kappa shape index (κ1) is 14.2. The molecule has 2 atom stereocenters. The van der Waals surface area contributed by atoms with Crippen LogP contribution >= 0.6 is 12.6 Å². The van der Waals surface area contributed by atoms with Crippen molar-refractivity contribution < 1.29 is 14.7 Å². The number of carboxylic acids is 1. The predicted octanol–water partition coefficient (Wildman–Crippen LogP) is -0.141. The standard InChI is InChI=1S/C9H18N2O3S/c1-9(2,3)6(8(13)14)11-7(12)5(10)4-15/h5-6,15H,4,10H2,1-3H3,(H,11,12)(H,13,14). The van der Waals surface area contributed by atoms with Crippen LogP contribution < -0.4 is 11.1 Å². The van der Waals surface area contributed by atoms with Crippen LogP contribution in [0.15, 0.2) is 0 Å². The average Bonchev–Trinajstić information content (AvgIpc) is 2.09. The molecular weight excluding hydrogens is 216 g/mol. The van der Waals surface area contributed by atoms with E-state index in [1.165, 1.54) is 0 Å². The Morgan fingerprint density at radius 3 is 2.20 bits per heavy atom. The third kappa shape index (κ3) is 4.53. The molecule has 0 fully saturated rings. The lowest BCUT2D eigenvalue weighted by atomic mass is 9.86. The summed E-state index contributed by atoms with van der Waals surface area (Å²) in [4.78, 5) is 22.3. The van der Waals surface area contributed by atoms with Crippen LogP contribution in [0.25, 0.3) is 0 Å². The van der Waals surface area contributed by atoms with Crippen LogP contribution in [0.4, 0.5) is 0 Å². The number of rotatable bonds is 4. The minimum Gasteiger partial charge on any atom is -0.480 e. The minimum absolute atomic E-state index is 0.183. The fourth-order valence-electron chi connectivity index (χ4n) is 0.981. The lowest BCUT2D eigenvalue weighted by Gasteiger charge is -2.28. The van der Waals surface area contributed by atoms with Crippen LogP contribution in [0.1, 0.15) is 20.8 Å². The minimum atomic E-state index is -1.07. The summed E-state index contributed by atoms with van der Waals surface area (Å²) in [6.07, 6.45) is 0. The largest absolute Gasteiger partial charge is 0.480 e. The molecule has 0 aliphatic heterocycles. The Kier molecular flexibility index (Phi) is 5.10. The molecule has 88 valence electrons. The third-order valence-corrected chi connectivity index (χ3v) is 2.33. The van der Waals surface area contributed by atoms with Gasteiger partial charge in [0, 0.05) is 5.75 Å². The molecule has 0 aliphatic carbocycles. The van der Waals surface area contributed by atoms with Crippen molar-refractivity contribution in [3.63, 3.8) is 0 Å². The van der Waals surface area contributed by atoms with Gasteiger partial charge in [-0.3, -0.25) is 4.79 Å². The topological polar surface area (TPSA) is 92.4 Å². The Labute approximate surface area is 94.8 Å². The van der Waals surface area contributed by atoms with Gasteiger partial charge in [0.05, 0.1) is 6.04 Å². The zero-order chi connectivity index (χ0) is 12.2. The van der Waals surface area contributed by atoms with Crippen LogP contribution in [0.3, 0.4) is 0 Å². The molecule has 5 nitrogen and oxygen atoms in total. The maximum Gasteiger partial charge on any atom is 0.326 e. The van der Waals surface area contributed by atoms with Gasteiger partial charge in [-0.15, -0.1) is 0 Å². The average molecular weight is 234 g/mol. The van der Waals surface area contributed by atoms with E-state index in [0.717, 1.165) is 0 Å². The molecule has 0 rings (SSSR count). The Bertz CT molecular complexity index is 250. The van der Waals surface area contributed by atoms with E-state index < -0.39 is 29.4 Å². The summed E-state index contributed by atoms with van der Waals surface area (Å²) in [6.45, 7) is 5.20.